The molecule has 0 bridgehead atoms. The number of aromatic nitrogens is 2. The maximum absolute atomic E-state index is 4.62. The summed E-state index contributed by atoms with van der Waals surface area (Å²) in [5, 5.41) is 0. The molecule has 5 nitrogen and oxygen atoms in total. The van der Waals surface area contributed by atoms with Crippen LogP contribution in [0.5, 0.6) is 0 Å². The molecule has 1 unspecified atom stereocenters. The quantitative estimate of drug-likeness (QED) is 0.808. The van der Waals surface area contributed by atoms with Gasteiger partial charge in [-0.05, 0) is 42.7 Å². The lowest BCUT2D eigenvalue weighted by molar-refractivity contribution is 0.0976. The molecular weight excluding hydrogens is 310 g/mol. The van der Waals surface area contributed by atoms with Crippen molar-refractivity contribution in [2.75, 3.05) is 38.1 Å². The van der Waals surface area contributed by atoms with Gasteiger partial charge in [-0.1, -0.05) is 13.0 Å². The fourth-order valence-corrected chi connectivity index (χ4v) is 3.49. The van der Waals surface area contributed by atoms with Crippen LogP contribution in [0.1, 0.15) is 25.0 Å². The van der Waals surface area contributed by atoms with Gasteiger partial charge in [-0.2, -0.15) is 0 Å². The Hall–Kier alpha value is -1.98. The Bertz CT molecular complexity index is 652. The van der Waals surface area contributed by atoms with E-state index in [1.165, 1.54) is 11.1 Å². The minimum absolute atomic E-state index is 0.350. The van der Waals surface area contributed by atoms with E-state index in [9.17, 15) is 0 Å². The number of nitrogens with zero attached hydrogens (tertiary/aromatic N) is 5. The van der Waals surface area contributed by atoms with Gasteiger partial charge in [0.15, 0.2) is 0 Å². The molecule has 0 spiro atoms. The van der Waals surface area contributed by atoms with Crippen molar-refractivity contribution in [1.82, 2.24) is 19.8 Å². The lowest BCUT2D eigenvalue weighted by Crippen LogP contribution is -2.54. The molecule has 0 aromatic carbocycles. The third-order valence-corrected chi connectivity index (χ3v) is 5.23. The molecule has 5 heteroatoms. The van der Waals surface area contributed by atoms with E-state index in [0.717, 1.165) is 45.0 Å². The number of aryl methyl sites for hydroxylation is 1. The molecule has 1 fully saturated rings. The van der Waals surface area contributed by atoms with Crippen LogP contribution < -0.4 is 4.90 Å². The summed E-state index contributed by atoms with van der Waals surface area (Å²) in [6.07, 6.45) is 7.01. The van der Waals surface area contributed by atoms with Crippen molar-refractivity contribution < 1.29 is 0 Å². The van der Waals surface area contributed by atoms with Crippen molar-refractivity contribution in [2.24, 2.45) is 0 Å². The maximum atomic E-state index is 4.62. The number of anilines is 1. The van der Waals surface area contributed by atoms with Gasteiger partial charge in [0.1, 0.15) is 5.82 Å². The first kappa shape index (κ1) is 17.8. The van der Waals surface area contributed by atoms with E-state index >= 15 is 0 Å². The lowest BCUT2D eigenvalue weighted by atomic mass is 10.2. The molecule has 0 N–H and O–H groups in total. The number of piperazine rings is 1. The van der Waals surface area contributed by atoms with E-state index in [1.54, 1.807) is 0 Å². The average molecular weight is 339 g/mol. The van der Waals surface area contributed by atoms with Crippen molar-refractivity contribution in [2.45, 2.75) is 33.0 Å². The van der Waals surface area contributed by atoms with Crippen LogP contribution >= 0.6 is 0 Å². The summed E-state index contributed by atoms with van der Waals surface area (Å²) >= 11 is 0. The minimum Gasteiger partial charge on any atom is -0.344 e. The third-order valence-electron chi connectivity index (χ3n) is 5.23. The van der Waals surface area contributed by atoms with E-state index < -0.39 is 0 Å². The monoisotopic (exact) mass is 339 g/mol. The summed E-state index contributed by atoms with van der Waals surface area (Å²) in [6, 6.07) is 8.42. The number of rotatable bonds is 6. The molecule has 2 aromatic heterocycles. The molecule has 1 aliphatic rings. The number of hydrogen-bond donors (Lipinski definition) is 0. The number of pyridine rings is 2. The Kier molecular flexibility index (Phi) is 6.00. The van der Waals surface area contributed by atoms with Gasteiger partial charge in [0, 0.05) is 58.4 Å². The molecule has 0 aliphatic carbocycles. The Morgan fingerprint density at radius 1 is 1.08 bits per heavy atom. The zero-order chi connectivity index (χ0) is 17.6. The highest BCUT2D eigenvalue weighted by Crippen LogP contribution is 2.21. The largest absolute Gasteiger partial charge is 0.344 e. The van der Waals surface area contributed by atoms with Crippen LogP contribution in [0.25, 0.3) is 0 Å². The van der Waals surface area contributed by atoms with Crippen LogP contribution in [0.2, 0.25) is 0 Å². The highest BCUT2D eigenvalue weighted by molar-refractivity contribution is 5.46. The van der Waals surface area contributed by atoms with Gasteiger partial charge >= 0.3 is 0 Å². The normalized spacial score (nSPS) is 17.4. The van der Waals surface area contributed by atoms with Gasteiger partial charge in [0.05, 0.1) is 6.17 Å². The minimum atomic E-state index is 0.350. The van der Waals surface area contributed by atoms with E-state index in [1.807, 2.05) is 24.7 Å². The predicted molar refractivity (Wildman–Crippen MR) is 103 cm³/mol. The van der Waals surface area contributed by atoms with Crippen LogP contribution in [0.3, 0.4) is 0 Å². The van der Waals surface area contributed by atoms with Crippen molar-refractivity contribution in [1.29, 1.82) is 0 Å². The first-order valence-electron chi connectivity index (χ1n) is 9.21. The molecular formula is C20H29N5. The van der Waals surface area contributed by atoms with Crippen LogP contribution in [-0.2, 0) is 13.0 Å². The average Bonchev–Trinajstić information content (AvgIpc) is 2.68. The van der Waals surface area contributed by atoms with E-state index in [4.69, 9.17) is 0 Å². The van der Waals surface area contributed by atoms with Crippen LogP contribution in [0.4, 0.5) is 5.82 Å². The Morgan fingerprint density at radius 2 is 1.80 bits per heavy atom. The Labute approximate surface area is 151 Å². The number of hydrogen-bond acceptors (Lipinski definition) is 5. The predicted octanol–water partition coefficient (Wildman–Crippen LogP) is 2.64. The van der Waals surface area contributed by atoms with Crippen molar-refractivity contribution in [3.8, 4) is 0 Å². The second-order valence-electron chi connectivity index (χ2n) is 6.75. The summed E-state index contributed by atoms with van der Waals surface area (Å²) in [5.41, 5.74) is 2.66. The molecule has 0 saturated carbocycles. The van der Waals surface area contributed by atoms with Gasteiger partial charge < -0.3 is 4.90 Å². The molecule has 25 heavy (non-hydrogen) atoms. The highest BCUT2D eigenvalue weighted by Gasteiger charge is 2.25. The maximum Gasteiger partial charge on any atom is 0.132 e. The topological polar surface area (TPSA) is 35.5 Å². The van der Waals surface area contributed by atoms with Gasteiger partial charge in [0.25, 0.3) is 0 Å². The van der Waals surface area contributed by atoms with Gasteiger partial charge in [-0.3, -0.25) is 14.8 Å². The molecule has 2 aromatic rings. The molecule has 1 saturated heterocycles. The summed E-state index contributed by atoms with van der Waals surface area (Å²) in [6.45, 7) is 9.87. The molecule has 1 aliphatic heterocycles. The SMILES string of the molecule is CCc1cccnc1N(C)C(C)N1CCN(Cc2ccncc2)CC1. The zero-order valence-electron chi connectivity index (χ0n) is 15.6. The second kappa shape index (κ2) is 8.41. The molecule has 0 radical (unpaired) electrons. The van der Waals surface area contributed by atoms with Crippen molar-refractivity contribution >= 4 is 5.82 Å². The zero-order valence-corrected chi connectivity index (χ0v) is 15.6. The second-order valence-corrected chi connectivity index (χ2v) is 6.75. The lowest BCUT2D eigenvalue weighted by Gasteiger charge is -2.42. The van der Waals surface area contributed by atoms with E-state index in [-0.39, 0.29) is 0 Å². The fraction of sp³-hybridized carbons (Fsp3) is 0.500. The molecule has 3 rings (SSSR count). The Morgan fingerprint density at radius 3 is 2.48 bits per heavy atom. The highest BCUT2D eigenvalue weighted by atomic mass is 15.4. The van der Waals surface area contributed by atoms with E-state index in [0.29, 0.717) is 6.17 Å². The van der Waals surface area contributed by atoms with Crippen LogP contribution in [0.15, 0.2) is 42.9 Å². The first-order valence-corrected chi connectivity index (χ1v) is 9.21. The molecule has 3 heterocycles. The smallest absolute Gasteiger partial charge is 0.132 e. The fourth-order valence-electron chi connectivity index (χ4n) is 3.49. The van der Waals surface area contributed by atoms with Crippen molar-refractivity contribution in [3.63, 3.8) is 0 Å². The summed E-state index contributed by atoms with van der Waals surface area (Å²) in [7, 11) is 2.16. The summed E-state index contributed by atoms with van der Waals surface area (Å²) in [5.74, 6) is 1.11. The van der Waals surface area contributed by atoms with Crippen LogP contribution in [-0.4, -0.2) is 59.2 Å². The molecule has 1 atom stereocenters. The molecule has 134 valence electrons. The Balaban J connectivity index is 1.57. The van der Waals surface area contributed by atoms with Crippen molar-refractivity contribution in [3.05, 3.63) is 54.0 Å². The third kappa shape index (κ3) is 4.35. The van der Waals surface area contributed by atoms with E-state index in [2.05, 4.69) is 63.8 Å². The summed E-state index contributed by atoms with van der Waals surface area (Å²) in [4.78, 5) is 16.1. The molecule has 0 amide bonds. The van der Waals surface area contributed by atoms with Gasteiger partial charge in [-0.15, -0.1) is 0 Å². The first-order chi connectivity index (χ1) is 12.2. The summed E-state index contributed by atoms with van der Waals surface area (Å²) < 4.78 is 0. The van der Waals surface area contributed by atoms with Gasteiger partial charge in [-0.25, -0.2) is 4.98 Å². The van der Waals surface area contributed by atoms with Crippen LogP contribution in [0, 0.1) is 0 Å². The van der Waals surface area contributed by atoms with Gasteiger partial charge in [0.2, 0.25) is 0 Å². The standard InChI is InChI=1S/C20H29N5/c1-4-19-6-5-9-22-20(19)23(3)17(2)25-14-12-24(13-15-25)16-18-7-10-21-11-8-18/h5-11,17H,4,12-16H2,1-3H3.